The Morgan fingerprint density at radius 2 is 1.75 bits per heavy atom. The van der Waals surface area contributed by atoms with Crippen molar-refractivity contribution in [2.45, 2.75) is 91.0 Å². The Hall–Kier alpha value is -1.89. The average molecular weight is 463 g/mol. The minimum absolute atomic E-state index is 0.0284. The molecule has 1 aliphatic carbocycles. The minimum atomic E-state index is -1.02. The predicted molar refractivity (Wildman–Crippen MR) is 128 cm³/mol. The quantitative estimate of drug-likeness (QED) is 0.622. The second-order valence-corrected chi connectivity index (χ2v) is 11.7. The van der Waals surface area contributed by atoms with Crippen LogP contribution in [0.1, 0.15) is 94.1 Å². The van der Waals surface area contributed by atoms with E-state index < -0.39 is 12.0 Å². The highest BCUT2D eigenvalue weighted by Gasteiger charge is 2.36. The maximum absolute atomic E-state index is 13.8. The van der Waals surface area contributed by atoms with Crippen molar-refractivity contribution in [1.29, 1.82) is 0 Å². The van der Waals surface area contributed by atoms with Crippen LogP contribution in [0.15, 0.2) is 6.07 Å². The van der Waals surface area contributed by atoms with Crippen LogP contribution >= 0.6 is 11.3 Å². The third-order valence-electron chi connectivity index (χ3n) is 6.88. The van der Waals surface area contributed by atoms with E-state index in [1.165, 1.54) is 11.3 Å². The smallest absolute Gasteiger partial charge is 0.348 e. The number of thiophene rings is 1. The summed E-state index contributed by atoms with van der Waals surface area (Å²) < 4.78 is 0. The standard InChI is InChI=1S/C25H38N2O4S/c1-16-8-10-18(11-9-16)23(29)27(17(2)14-21(28)26-12-6-7-13-26)19-15-20(25(3,4)5)32-22(19)24(30)31/h15-18H,6-14H2,1-5H3,(H,30,31)/t16-,17-,18-/m1/s1. The van der Waals surface area contributed by atoms with Crippen LogP contribution in [-0.4, -0.2) is 46.9 Å². The third kappa shape index (κ3) is 5.53. The van der Waals surface area contributed by atoms with Gasteiger partial charge in [-0.05, 0) is 62.8 Å². The van der Waals surface area contributed by atoms with Crippen molar-refractivity contribution >= 4 is 34.8 Å². The molecule has 2 heterocycles. The number of carboxylic acid groups (broad SMARTS) is 1. The Morgan fingerprint density at radius 1 is 1.16 bits per heavy atom. The second kappa shape index (κ2) is 9.94. The van der Waals surface area contributed by atoms with E-state index in [9.17, 15) is 19.5 Å². The van der Waals surface area contributed by atoms with Gasteiger partial charge in [0.1, 0.15) is 4.88 Å². The summed E-state index contributed by atoms with van der Waals surface area (Å²) in [6.45, 7) is 11.8. The van der Waals surface area contributed by atoms with Gasteiger partial charge in [0.05, 0.1) is 5.69 Å². The molecule has 2 amide bonds. The number of carboxylic acids is 1. The molecule has 0 unspecified atom stereocenters. The molecule has 1 aromatic heterocycles. The van der Waals surface area contributed by atoms with Gasteiger partial charge in [0.25, 0.3) is 0 Å². The first-order valence-electron chi connectivity index (χ1n) is 12.0. The zero-order chi connectivity index (χ0) is 23.6. The van der Waals surface area contributed by atoms with Gasteiger partial charge in [-0.15, -0.1) is 11.3 Å². The number of rotatable bonds is 6. The number of nitrogens with zero attached hydrogens (tertiary/aromatic N) is 2. The number of anilines is 1. The first-order valence-corrected chi connectivity index (χ1v) is 12.8. The molecule has 1 aromatic rings. The van der Waals surface area contributed by atoms with Gasteiger partial charge >= 0.3 is 5.97 Å². The Morgan fingerprint density at radius 3 is 2.28 bits per heavy atom. The molecule has 6 nitrogen and oxygen atoms in total. The number of hydrogen-bond acceptors (Lipinski definition) is 4. The lowest BCUT2D eigenvalue weighted by atomic mass is 9.82. The molecule has 7 heteroatoms. The monoisotopic (exact) mass is 462 g/mol. The molecule has 2 aliphatic rings. The lowest BCUT2D eigenvalue weighted by molar-refractivity contribution is -0.130. The molecule has 0 radical (unpaired) electrons. The second-order valence-electron chi connectivity index (χ2n) is 10.7. The van der Waals surface area contributed by atoms with E-state index in [0.717, 1.165) is 56.5 Å². The van der Waals surface area contributed by atoms with Gasteiger partial charge in [-0.3, -0.25) is 9.59 Å². The summed E-state index contributed by atoms with van der Waals surface area (Å²) in [7, 11) is 0. The fraction of sp³-hybridized carbons (Fsp3) is 0.720. The lowest BCUT2D eigenvalue weighted by Crippen LogP contribution is -2.46. The first kappa shape index (κ1) is 24.7. The van der Waals surface area contributed by atoms with E-state index >= 15 is 0 Å². The van der Waals surface area contributed by atoms with Crippen LogP contribution in [0.5, 0.6) is 0 Å². The van der Waals surface area contributed by atoms with Crippen molar-refractivity contribution in [3.05, 3.63) is 15.8 Å². The number of amides is 2. The van der Waals surface area contributed by atoms with E-state index in [-0.39, 0.29) is 34.4 Å². The van der Waals surface area contributed by atoms with Crippen molar-refractivity contribution in [3.63, 3.8) is 0 Å². The Bertz CT molecular complexity index is 843. The summed E-state index contributed by atoms with van der Waals surface area (Å²) in [6, 6.07) is 1.48. The summed E-state index contributed by atoms with van der Waals surface area (Å²) >= 11 is 1.24. The molecular formula is C25H38N2O4S. The van der Waals surface area contributed by atoms with Gasteiger partial charge in [0, 0.05) is 36.3 Å². The Kier molecular flexibility index (Phi) is 7.69. The van der Waals surface area contributed by atoms with E-state index in [4.69, 9.17) is 0 Å². The fourth-order valence-corrected chi connectivity index (χ4v) is 5.85. The maximum Gasteiger partial charge on any atom is 0.348 e. The highest BCUT2D eigenvalue weighted by Crippen LogP contribution is 2.40. The summed E-state index contributed by atoms with van der Waals surface area (Å²) in [5.41, 5.74) is 0.231. The topological polar surface area (TPSA) is 77.9 Å². The van der Waals surface area contributed by atoms with Crippen molar-refractivity contribution in [1.82, 2.24) is 4.90 Å². The summed E-state index contributed by atoms with van der Waals surface area (Å²) in [5, 5.41) is 9.95. The maximum atomic E-state index is 13.8. The number of aromatic carboxylic acids is 1. The number of hydrogen-bond donors (Lipinski definition) is 1. The molecule has 1 aliphatic heterocycles. The molecule has 1 saturated heterocycles. The number of carbonyl (C=O) groups is 3. The SMILES string of the molecule is C[C@H](CC(=O)N1CCCC1)N(c1cc(C(C)(C)C)sc1C(=O)O)C(=O)[C@H]1CC[C@H](C)CC1. The van der Waals surface area contributed by atoms with E-state index in [0.29, 0.717) is 11.6 Å². The van der Waals surface area contributed by atoms with Crippen molar-refractivity contribution in [2.75, 3.05) is 18.0 Å². The Labute approximate surface area is 196 Å². The van der Waals surface area contributed by atoms with Gasteiger partial charge in [0.15, 0.2) is 0 Å². The van der Waals surface area contributed by atoms with Crippen LogP contribution in [0.25, 0.3) is 0 Å². The molecule has 0 spiro atoms. The van der Waals surface area contributed by atoms with Crippen molar-refractivity contribution < 1.29 is 19.5 Å². The summed E-state index contributed by atoms with van der Waals surface area (Å²) in [5.74, 6) is -0.499. The zero-order valence-corrected chi connectivity index (χ0v) is 21.0. The summed E-state index contributed by atoms with van der Waals surface area (Å²) in [6.07, 6.45) is 5.91. The highest BCUT2D eigenvalue weighted by molar-refractivity contribution is 7.14. The number of likely N-dealkylation sites (tertiary alicyclic amines) is 1. The van der Waals surface area contributed by atoms with Crippen LogP contribution < -0.4 is 4.90 Å². The Balaban J connectivity index is 1.96. The average Bonchev–Trinajstić information content (AvgIpc) is 3.39. The lowest BCUT2D eigenvalue weighted by Gasteiger charge is -2.35. The molecule has 32 heavy (non-hydrogen) atoms. The fourth-order valence-electron chi connectivity index (χ4n) is 4.80. The molecule has 1 N–H and O–H groups in total. The van der Waals surface area contributed by atoms with Crippen LogP contribution in [0, 0.1) is 11.8 Å². The zero-order valence-electron chi connectivity index (χ0n) is 20.1. The summed E-state index contributed by atoms with van der Waals surface area (Å²) in [4.78, 5) is 43.5. The molecule has 178 valence electrons. The normalized spacial score (nSPS) is 22.6. The number of carbonyl (C=O) groups excluding carboxylic acids is 2. The van der Waals surface area contributed by atoms with E-state index in [1.54, 1.807) is 4.90 Å². The largest absolute Gasteiger partial charge is 0.477 e. The minimum Gasteiger partial charge on any atom is -0.477 e. The van der Waals surface area contributed by atoms with Gasteiger partial charge in [-0.2, -0.15) is 0 Å². The van der Waals surface area contributed by atoms with Crippen molar-refractivity contribution in [3.8, 4) is 0 Å². The molecule has 0 aromatic carbocycles. The van der Waals surface area contributed by atoms with Gasteiger partial charge in [-0.1, -0.05) is 27.7 Å². The van der Waals surface area contributed by atoms with E-state index in [2.05, 4.69) is 6.92 Å². The van der Waals surface area contributed by atoms with Crippen LogP contribution in [0.3, 0.4) is 0 Å². The third-order valence-corrected chi connectivity index (χ3v) is 8.42. The van der Waals surface area contributed by atoms with E-state index in [1.807, 2.05) is 38.7 Å². The van der Waals surface area contributed by atoms with Crippen LogP contribution in [0.4, 0.5) is 5.69 Å². The van der Waals surface area contributed by atoms with Crippen molar-refractivity contribution in [2.24, 2.45) is 11.8 Å². The molecule has 2 fully saturated rings. The highest BCUT2D eigenvalue weighted by atomic mass is 32.1. The molecule has 0 bridgehead atoms. The first-order chi connectivity index (χ1) is 15.0. The van der Waals surface area contributed by atoms with Gasteiger partial charge in [-0.25, -0.2) is 4.79 Å². The molecular weight excluding hydrogens is 424 g/mol. The van der Waals surface area contributed by atoms with Crippen LogP contribution in [-0.2, 0) is 15.0 Å². The predicted octanol–water partition coefficient (Wildman–Crippen LogP) is 5.30. The molecule has 1 atom stereocenters. The molecule has 1 saturated carbocycles. The van der Waals surface area contributed by atoms with Crippen LogP contribution in [0.2, 0.25) is 0 Å². The van der Waals surface area contributed by atoms with Gasteiger partial charge < -0.3 is 14.9 Å². The van der Waals surface area contributed by atoms with Gasteiger partial charge in [0.2, 0.25) is 11.8 Å². The molecule has 3 rings (SSSR count).